The number of allylic oxidation sites excluding steroid dienone is 1. The highest BCUT2D eigenvalue weighted by Gasteiger charge is 2.35. The molecule has 1 aromatic heterocycles. The normalized spacial score (nSPS) is 14.2. The van der Waals surface area contributed by atoms with Crippen molar-refractivity contribution < 1.29 is 19.0 Å². The zero-order valence-electron chi connectivity index (χ0n) is 23.8. The van der Waals surface area contributed by atoms with Gasteiger partial charge in [0.05, 0.1) is 31.6 Å². The number of nitrogens with zero attached hydrogens (tertiary/aromatic N) is 3. The molecular formula is C31H32ClN5O4S. The maximum atomic E-state index is 14.0. The summed E-state index contributed by atoms with van der Waals surface area (Å²) in [4.78, 5) is 18.8. The molecule has 0 saturated carbocycles. The lowest BCUT2D eigenvalue weighted by molar-refractivity contribution is -0.113. The highest BCUT2D eigenvalue weighted by atomic mass is 35.5. The van der Waals surface area contributed by atoms with Crippen LogP contribution in [-0.4, -0.2) is 41.0 Å². The molecule has 42 heavy (non-hydrogen) atoms. The topological polar surface area (TPSA) is 99.5 Å². The number of nitrogens with one attached hydrogen (secondary N) is 2. The SMILES string of the molecule is CCOc1ccccc1NC(=O)C1=C(C)Nc2nc(SCc3ccccc3Cl)nn2C1c1ccc(OCC)c(OC)c1. The fraction of sp³-hybridized carbons (Fsp3) is 0.258. The van der Waals surface area contributed by atoms with Gasteiger partial charge in [-0.15, -0.1) is 5.10 Å². The molecule has 1 aliphatic rings. The number of carbonyl (C=O) groups is 1. The molecular weight excluding hydrogens is 574 g/mol. The minimum Gasteiger partial charge on any atom is -0.493 e. The first-order valence-corrected chi connectivity index (χ1v) is 14.9. The number of thioether (sulfide) groups is 1. The van der Waals surface area contributed by atoms with Crippen LogP contribution < -0.4 is 24.8 Å². The quantitative estimate of drug-likeness (QED) is 0.177. The number of rotatable bonds is 11. The predicted molar refractivity (Wildman–Crippen MR) is 166 cm³/mol. The molecule has 0 radical (unpaired) electrons. The second-order valence-electron chi connectivity index (χ2n) is 9.34. The molecule has 0 aliphatic carbocycles. The number of anilines is 2. The van der Waals surface area contributed by atoms with E-state index in [9.17, 15) is 4.79 Å². The second kappa shape index (κ2) is 13.2. The van der Waals surface area contributed by atoms with E-state index in [-0.39, 0.29) is 5.91 Å². The van der Waals surface area contributed by atoms with Gasteiger partial charge in [-0.2, -0.15) is 4.98 Å². The molecule has 1 amide bonds. The van der Waals surface area contributed by atoms with Crippen molar-refractivity contribution in [3.8, 4) is 17.2 Å². The van der Waals surface area contributed by atoms with Crippen molar-refractivity contribution in [2.45, 2.75) is 37.7 Å². The smallest absolute Gasteiger partial charge is 0.255 e. The number of ether oxygens (including phenoxy) is 3. The van der Waals surface area contributed by atoms with Gasteiger partial charge in [0.15, 0.2) is 11.5 Å². The van der Waals surface area contributed by atoms with Gasteiger partial charge in [-0.05, 0) is 62.2 Å². The average molecular weight is 606 g/mol. The van der Waals surface area contributed by atoms with Gasteiger partial charge >= 0.3 is 0 Å². The second-order valence-corrected chi connectivity index (χ2v) is 10.7. The maximum Gasteiger partial charge on any atom is 0.255 e. The van der Waals surface area contributed by atoms with Gasteiger partial charge in [-0.1, -0.05) is 59.8 Å². The molecule has 0 spiro atoms. The molecule has 218 valence electrons. The van der Waals surface area contributed by atoms with E-state index in [0.717, 1.165) is 11.1 Å². The van der Waals surface area contributed by atoms with E-state index in [1.807, 2.05) is 87.5 Å². The van der Waals surface area contributed by atoms with Crippen molar-refractivity contribution in [3.05, 3.63) is 94.1 Å². The van der Waals surface area contributed by atoms with E-state index < -0.39 is 6.04 Å². The lowest BCUT2D eigenvalue weighted by atomic mass is 9.94. The van der Waals surface area contributed by atoms with Crippen LogP contribution in [0.1, 0.15) is 37.9 Å². The molecule has 9 nitrogen and oxygen atoms in total. The lowest BCUT2D eigenvalue weighted by Crippen LogP contribution is -2.31. The molecule has 1 aliphatic heterocycles. The van der Waals surface area contributed by atoms with Crippen LogP contribution in [0.2, 0.25) is 5.02 Å². The summed E-state index contributed by atoms with van der Waals surface area (Å²) < 4.78 is 18.9. The monoisotopic (exact) mass is 605 g/mol. The summed E-state index contributed by atoms with van der Waals surface area (Å²) >= 11 is 7.84. The Labute approximate surface area is 254 Å². The van der Waals surface area contributed by atoms with Crippen LogP contribution in [0, 0.1) is 0 Å². The predicted octanol–water partition coefficient (Wildman–Crippen LogP) is 6.96. The Morgan fingerprint density at radius 1 is 1.02 bits per heavy atom. The van der Waals surface area contributed by atoms with Crippen molar-refractivity contribution >= 4 is 40.9 Å². The Hall–Kier alpha value is -4.15. The molecule has 1 unspecified atom stereocenters. The average Bonchev–Trinajstić information content (AvgIpc) is 3.39. The molecule has 4 aromatic rings. The Kier molecular flexibility index (Phi) is 9.24. The first-order chi connectivity index (χ1) is 20.4. The molecule has 0 saturated heterocycles. The van der Waals surface area contributed by atoms with Crippen LogP contribution in [0.25, 0.3) is 0 Å². The van der Waals surface area contributed by atoms with Crippen molar-refractivity contribution in [2.24, 2.45) is 0 Å². The zero-order chi connectivity index (χ0) is 29.6. The van der Waals surface area contributed by atoms with E-state index >= 15 is 0 Å². The van der Waals surface area contributed by atoms with Gasteiger partial charge in [0.2, 0.25) is 11.1 Å². The highest BCUT2D eigenvalue weighted by Crippen LogP contribution is 2.40. The van der Waals surface area contributed by atoms with Crippen molar-refractivity contribution in [2.75, 3.05) is 31.0 Å². The molecule has 3 aromatic carbocycles. The fourth-order valence-corrected chi connectivity index (χ4v) is 5.84. The van der Waals surface area contributed by atoms with Crippen LogP contribution in [0.15, 0.2) is 83.2 Å². The van der Waals surface area contributed by atoms with E-state index in [1.165, 1.54) is 11.8 Å². The molecule has 2 N–H and O–H groups in total. The summed E-state index contributed by atoms with van der Waals surface area (Å²) in [6, 6.07) is 20.1. The number of hydrogen-bond acceptors (Lipinski definition) is 8. The Balaban J connectivity index is 1.54. The summed E-state index contributed by atoms with van der Waals surface area (Å²) in [6.45, 7) is 6.64. The third-order valence-electron chi connectivity index (χ3n) is 6.63. The van der Waals surface area contributed by atoms with Crippen molar-refractivity contribution in [1.29, 1.82) is 0 Å². The van der Waals surface area contributed by atoms with Crippen LogP contribution >= 0.6 is 23.4 Å². The van der Waals surface area contributed by atoms with Crippen LogP contribution in [0.3, 0.4) is 0 Å². The lowest BCUT2D eigenvalue weighted by Gasteiger charge is -2.29. The first kappa shape index (κ1) is 29.3. The fourth-order valence-electron chi connectivity index (χ4n) is 4.72. The van der Waals surface area contributed by atoms with Gasteiger partial charge in [-0.3, -0.25) is 4.79 Å². The number of hydrogen-bond donors (Lipinski definition) is 2. The van der Waals surface area contributed by atoms with Crippen LogP contribution in [-0.2, 0) is 10.5 Å². The number of halogens is 1. The molecule has 0 fully saturated rings. The number of methoxy groups -OCH3 is 1. The van der Waals surface area contributed by atoms with E-state index in [2.05, 4.69) is 10.6 Å². The maximum absolute atomic E-state index is 14.0. The van der Waals surface area contributed by atoms with Gasteiger partial charge in [0.1, 0.15) is 11.8 Å². The van der Waals surface area contributed by atoms with Crippen molar-refractivity contribution in [1.82, 2.24) is 14.8 Å². The molecule has 1 atom stereocenters. The van der Waals surface area contributed by atoms with Crippen LogP contribution in [0.4, 0.5) is 11.6 Å². The first-order valence-electron chi connectivity index (χ1n) is 13.6. The minimum absolute atomic E-state index is 0.295. The number of fused-ring (bicyclic) bond motifs is 1. The molecule has 11 heteroatoms. The highest BCUT2D eigenvalue weighted by molar-refractivity contribution is 7.98. The number of carbonyl (C=O) groups excluding carboxylic acids is 1. The summed E-state index contributed by atoms with van der Waals surface area (Å²) in [6.07, 6.45) is 0. The number of amides is 1. The Morgan fingerprint density at radius 2 is 1.76 bits per heavy atom. The Bertz CT molecular complexity index is 1620. The third-order valence-corrected chi connectivity index (χ3v) is 7.89. The van der Waals surface area contributed by atoms with Gasteiger partial charge < -0.3 is 24.8 Å². The number of aromatic nitrogens is 3. The van der Waals surface area contributed by atoms with E-state index in [1.54, 1.807) is 11.8 Å². The summed E-state index contributed by atoms with van der Waals surface area (Å²) in [5.41, 5.74) is 3.48. The zero-order valence-corrected chi connectivity index (χ0v) is 25.4. The summed E-state index contributed by atoms with van der Waals surface area (Å²) in [5, 5.41) is 12.4. The van der Waals surface area contributed by atoms with Gasteiger partial charge in [0.25, 0.3) is 5.91 Å². The van der Waals surface area contributed by atoms with Crippen LogP contribution in [0.5, 0.6) is 17.2 Å². The number of para-hydroxylation sites is 2. The van der Waals surface area contributed by atoms with E-state index in [0.29, 0.717) is 69.3 Å². The van der Waals surface area contributed by atoms with E-state index in [4.69, 9.17) is 35.9 Å². The standard InChI is InChI=1S/C31H32ClN5O4S/c1-5-40-24-14-10-9-13-23(24)34-29(38)27-19(3)33-30-35-31(42-18-21-11-7-8-12-22(21)32)36-37(30)28(27)20-15-16-25(41-6-2)26(17-20)39-4/h7-17,28H,5-6,18H2,1-4H3,(H,34,38)(H,33,35,36). The number of benzene rings is 3. The third kappa shape index (κ3) is 6.19. The van der Waals surface area contributed by atoms with Gasteiger partial charge in [0, 0.05) is 16.5 Å². The largest absolute Gasteiger partial charge is 0.493 e. The van der Waals surface area contributed by atoms with Crippen molar-refractivity contribution in [3.63, 3.8) is 0 Å². The van der Waals surface area contributed by atoms with Gasteiger partial charge in [-0.25, -0.2) is 4.68 Å². The minimum atomic E-state index is -0.604. The molecule has 5 rings (SSSR count). The molecule has 2 heterocycles. The summed E-state index contributed by atoms with van der Waals surface area (Å²) in [5.74, 6) is 2.59. The molecule has 0 bridgehead atoms. The Morgan fingerprint density at radius 3 is 2.52 bits per heavy atom. The summed E-state index contributed by atoms with van der Waals surface area (Å²) in [7, 11) is 1.59.